The van der Waals surface area contributed by atoms with Crippen LogP contribution in [0.4, 0.5) is 19.1 Å². The molecule has 1 aromatic heterocycles. The zero-order chi connectivity index (χ0) is 14.6. The molecule has 4 nitrogen and oxygen atoms in total. The Labute approximate surface area is 116 Å². The molecule has 0 aliphatic carbocycles. The van der Waals surface area contributed by atoms with Gasteiger partial charge in [0.25, 0.3) is 0 Å². The first-order chi connectivity index (χ1) is 9.44. The molecule has 0 radical (unpaired) electrons. The quantitative estimate of drug-likeness (QED) is 0.835. The van der Waals surface area contributed by atoms with Gasteiger partial charge >= 0.3 is 6.18 Å². The molecule has 0 spiro atoms. The maximum atomic E-state index is 12.2. The summed E-state index contributed by atoms with van der Waals surface area (Å²) in [6, 6.07) is 1.52. The third-order valence-corrected chi connectivity index (χ3v) is 3.21. The highest BCUT2D eigenvalue weighted by molar-refractivity contribution is 5.29. The second-order valence-electron chi connectivity index (χ2n) is 4.98. The zero-order valence-corrected chi connectivity index (χ0v) is 11.4. The smallest absolute Gasteiger partial charge is 0.376 e. The van der Waals surface area contributed by atoms with E-state index in [0.29, 0.717) is 18.2 Å². The molecule has 1 aromatic rings. The van der Waals surface area contributed by atoms with E-state index >= 15 is 0 Å². The Morgan fingerprint density at radius 3 is 2.90 bits per heavy atom. The molecule has 2 heterocycles. The average molecular weight is 289 g/mol. The van der Waals surface area contributed by atoms with Gasteiger partial charge in [0, 0.05) is 38.5 Å². The molecule has 1 unspecified atom stereocenters. The number of nitrogens with zero attached hydrogens (tertiary/aromatic N) is 3. The van der Waals surface area contributed by atoms with Crippen LogP contribution in [0.25, 0.3) is 0 Å². The van der Waals surface area contributed by atoms with Crippen LogP contribution in [0.5, 0.6) is 0 Å². The summed E-state index contributed by atoms with van der Waals surface area (Å²) in [6.07, 6.45) is -1.44. The summed E-state index contributed by atoms with van der Waals surface area (Å²) in [5.74, 6) is 0.445. The van der Waals surface area contributed by atoms with Gasteiger partial charge in [0.15, 0.2) is 0 Å². The SMILES string of the molecule is CN(CC1CCCO1)c1nccc(CCC(F)(F)F)n1. The van der Waals surface area contributed by atoms with Crippen molar-refractivity contribution in [1.82, 2.24) is 9.97 Å². The molecule has 0 saturated carbocycles. The standard InChI is InChI=1S/C13H18F3N3O/c1-19(9-11-3-2-8-20-11)12-17-7-5-10(18-12)4-6-13(14,15)16/h5,7,11H,2-4,6,8-9H2,1H3. The number of ether oxygens (including phenoxy) is 1. The van der Waals surface area contributed by atoms with Gasteiger partial charge in [-0.05, 0) is 25.3 Å². The highest BCUT2D eigenvalue weighted by Gasteiger charge is 2.27. The predicted octanol–water partition coefficient (Wildman–Crippen LogP) is 2.59. The van der Waals surface area contributed by atoms with Crippen LogP contribution in [0.3, 0.4) is 0 Å². The van der Waals surface area contributed by atoms with E-state index in [2.05, 4.69) is 9.97 Å². The number of aryl methyl sites for hydroxylation is 1. The van der Waals surface area contributed by atoms with Crippen molar-refractivity contribution in [3.8, 4) is 0 Å². The highest BCUT2D eigenvalue weighted by Crippen LogP contribution is 2.22. The van der Waals surface area contributed by atoms with Gasteiger partial charge in [0.2, 0.25) is 5.95 Å². The molecule has 2 rings (SSSR count). The van der Waals surface area contributed by atoms with Crippen molar-refractivity contribution in [2.75, 3.05) is 25.1 Å². The van der Waals surface area contributed by atoms with E-state index in [1.54, 1.807) is 0 Å². The molecule has 1 aliphatic heterocycles. The molecule has 0 N–H and O–H groups in total. The summed E-state index contributed by atoms with van der Waals surface area (Å²) in [4.78, 5) is 10.1. The lowest BCUT2D eigenvalue weighted by molar-refractivity contribution is -0.134. The van der Waals surface area contributed by atoms with Crippen molar-refractivity contribution >= 4 is 5.95 Å². The fraction of sp³-hybridized carbons (Fsp3) is 0.692. The van der Waals surface area contributed by atoms with Gasteiger partial charge in [-0.15, -0.1) is 0 Å². The molecule has 0 aromatic carbocycles. The van der Waals surface area contributed by atoms with Crippen molar-refractivity contribution in [2.24, 2.45) is 0 Å². The molecule has 0 amide bonds. The van der Waals surface area contributed by atoms with E-state index in [1.807, 2.05) is 11.9 Å². The molecular weight excluding hydrogens is 271 g/mol. The van der Waals surface area contributed by atoms with Gasteiger partial charge in [0.1, 0.15) is 0 Å². The monoisotopic (exact) mass is 289 g/mol. The van der Waals surface area contributed by atoms with Crippen LogP contribution in [-0.4, -0.2) is 42.4 Å². The number of rotatable bonds is 5. The summed E-state index contributed by atoms with van der Waals surface area (Å²) >= 11 is 0. The van der Waals surface area contributed by atoms with Gasteiger partial charge in [0.05, 0.1) is 6.10 Å². The number of likely N-dealkylation sites (N-methyl/N-ethyl adjacent to an activating group) is 1. The molecule has 20 heavy (non-hydrogen) atoms. The van der Waals surface area contributed by atoms with Crippen molar-refractivity contribution < 1.29 is 17.9 Å². The summed E-state index contributed by atoms with van der Waals surface area (Å²) in [6.45, 7) is 1.42. The summed E-state index contributed by atoms with van der Waals surface area (Å²) < 4.78 is 42.1. The molecule has 1 aliphatic rings. The summed E-state index contributed by atoms with van der Waals surface area (Å²) in [5, 5.41) is 0. The topological polar surface area (TPSA) is 38.2 Å². The number of halogens is 3. The molecule has 0 bridgehead atoms. The average Bonchev–Trinajstić information content (AvgIpc) is 2.89. The maximum absolute atomic E-state index is 12.2. The minimum atomic E-state index is -4.16. The van der Waals surface area contributed by atoms with Gasteiger partial charge < -0.3 is 9.64 Å². The van der Waals surface area contributed by atoms with Crippen molar-refractivity contribution in [3.63, 3.8) is 0 Å². The van der Waals surface area contributed by atoms with Crippen molar-refractivity contribution in [3.05, 3.63) is 18.0 Å². The Kier molecular flexibility index (Phi) is 4.80. The first kappa shape index (κ1) is 15.0. The van der Waals surface area contributed by atoms with Gasteiger partial charge in [-0.25, -0.2) is 9.97 Å². The molecule has 1 fully saturated rings. The lowest BCUT2D eigenvalue weighted by Gasteiger charge is -2.21. The van der Waals surface area contributed by atoms with Crippen molar-refractivity contribution in [2.45, 2.75) is 38.0 Å². The van der Waals surface area contributed by atoms with Crippen LogP contribution in [0.1, 0.15) is 25.0 Å². The highest BCUT2D eigenvalue weighted by atomic mass is 19.4. The molecular formula is C13H18F3N3O. The lowest BCUT2D eigenvalue weighted by atomic mass is 10.2. The Bertz CT molecular complexity index is 433. The first-order valence-corrected chi connectivity index (χ1v) is 6.65. The van der Waals surface area contributed by atoms with E-state index in [-0.39, 0.29) is 12.5 Å². The fourth-order valence-corrected chi connectivity index (χ4v) is 2.15. The second kappa shape index (κ2) is 6.39. The van der Waals surface area contributed by atoms with E-state index in [0.717, 1.165) is 19.4 Å². The third kappa shape index (κ3) is 4.63. The number of hydrogen-bond donors (Lipinski definition) is 0. The Morgan fingerprint density at radius 2 is 2.25 bits per heavy atom. The van der Waals surface area contributed by atoms with Crippen molar-refractivity contribution in [1.29, 1.82) is 0 Å². The third-order valence-electron chi connectivity index (χ3n) is 3.21. The van der Waals surface area contributed by atoms with Crippen LogP contribution in [0, 0.1) is 0 Å². The Hall–Kier alpha value is -1.37. The zero-order valence-electron chi connectivity index (χ0n) is 11.4. The van der Waals surface area contributed by atoms with Gasteiger partial charge in [-0.1, -0.05) is 0 Å². The van der Waals surface area contributed by atoms with Gasteiger partial charge in [-0.3, -0.25) is 0 Å². The minimum Gasteiger partial charge on any atom is -0.376 e. The molecule has 112 valence electrons. The van der Waals surface area contributed by atoms with Crippen LogP contribution in [0.15, 0.2) is 12.3 Å². The van der Waals surface area contributed by atoms with E-state index in [4.69, 9.17) is 4.74 Å². The van der Waals surface area contributed by atoms with E-state index < -0.39 is 12.6 Å². The summed E-state index contributed by atoms with van der Waals surface area (Å²) in [5.41, 5.74) is 0.409. The van der Waals surface area contributed by atoms with E-state index in [1.165, 1.54) is 12.3 Å². The number of aromatic nitrogens is 2. The molecule has 7 heteroatoms. The first-order valence-electron chi connectivity index (χ1n) is 6.65. The van der Waals surface area contributed by atoms with E-state index in [9.17, 15) is 13.2 Å². The van der Waals surface area contributed by atoms with Crippen LogP contribution in [-0.2, 0) is 11.2 Å². The predicted molar refractivity (Wildman–Crippen MR) is 68.7 cm³/mol. The number of hydrogen-bond acceptors (Lipinski definition) is 4. The lowest BCUT2D eigenvalue weighted by Crippen LogP contribution is -2.30. The Balaban J connectivity index is 1.93. The normalized spacial score (nSPS) is 19.3. The minimum absolute atomic E-state index is 0.118. The maximum Gasteiger partial charge on any atom is 0.389 e. The largest absolute Gasteiger partial charge is 0.389 e. The second-order valence-corrected chi connectivity index (χ2v) is 4.98. The summed E-state index contributed by atoms with van der Waals surface area (Å²) in [7, 11) is 1.82. The fourth-order valence-electron chi connectivity index (χ4n) is 2.15. The number of anilines is 1. The van der Waals surface area contributed by atoms with Crippen LogP contribution >= 0.6 is 0 Å². The van der Waals surface area contributed by atoms with Crippen LogP contribution in [0.2, 0.25) is 0 Å². The molecule has 1 saturated heterocycles. The number of alkyl halides is 3. The van der Waals surface area contributed by atoms with Crippen LogP contribution < -0.4 is 4.90 Å². The van der Waals surface area contributed by atoms with Gasteiger partial charge in [-0.2, -0.15) is 13.2 Å². The Morgan fingerprint density at radius 1 is 1.45 bits per heavy atom. The molecule has 1 atom stereocenters.